The molecule has 0 spiro atoms. The Bertz CT molecular complexity index is 826. The number of para-hydroxylation sites is 1. The highest BCUT2D eigenvalue weighted by molar-refractivity contribution is 5.73. The average molecular weight is 422 g/mol. The highest BCUT2D eigenvalue weighted by Crippen LogP contribution is 2.28. The molecule has 0 bridgehead atoms. The van der Waals surface area contributed by atoms with E-state index in [2.05, 4.69) is 13.0 Å². The van der Waals surface area contributed by atoms with Crippen LogP contribution in [-0.4, -0.2) is 5.97 Å². The summed E-state index contributed by atoms with van der Waals surface area (Å²) >= 11 is 0. The summed E-state index contributed by atoms with van der Waals surface area (Å²) in [5, 5.41) is 9.66. The van der Waals surface area contributed by atoms with Crippen LogP contribution >= 0.6 is 0 Å². The molecule has 0 radical (unpaired) electrons. The number of nitriles is 1. The Kier molecular flexibility index (Phi) is 10.6. The minimum absolute atomic E-state index is 0.176. The first-order valence-corrected chi connectivity index (χ1v) is 11.5. The third kappa shape index (κ3) is 8.45. The number of carbonyl (C=O) groups is 1. The van der Waals surface area contributed by atoms with Crippen LogP contribution in [0.25, 0.3) is 0 Å². The Hall–Kier alpha value is -2.80. The highest BCUT2D eigenvalue weighted by atomic mass is 16.5. The molecule has 2 unspecified atom stereocenters. The van der Waals surface area contributed by atoms with Crippen molar-refractivity contribution in [1.29, 1.82) is 5.26 Å². The van der Waals surface area contributed by atoms with Gasteiger partial charge in [-0.25, -0.2) is 0 Å². The third-order valence-electron chi connectivity index (χ3n) is 5.47. The fourth-order valence-electron chi connectivity index (χ4n) is 3.61. The van der Waals surface area contributed by atoms with Gasteiger partial charge in [0.15, 0.2) is 0 Å². The zero-order valence-electron chi connectivity index (χ0n) is 19.0. The largest absolute Gasteiger partial charge is 0.457 e. The molecular weight excluding hydrogens is 386 g/mol. The van der Waals surface area contributed by atoms with E-state index in [0.29, 0.717) is 17.1 Å². The lowest BCUT2D eigenvalue weighted by Crippen LogP contribution is -2.24. The molecule has 166 valence electrons. The molecule has 0 saturated heterocycles. The van der Waals surface area contributed by atoms with Crippen LogP contribution in [0.4, 0.5) is 0 Å². The maximum absolute atomic E-state index is 12.9. The third-order valence-corrected chi connectivity index (χ3v) is 5.47. The van der Waals surface area contributed by atoms with E-state index in [-0.39, 0.29) is 17.8 Å². The molecule has 2 aromatic carbocycles. The number of rotatable bonds is 13. The topological polar surface area (TPSA) is 59.3 Å². The zero-order valence-corrected chi connectivity index (χ0v) is 19.0. The lowest BCUT2D eigenvalue weighted by atomic mass is 9.90. The normalized spacial score (nSPS) is 12.7. The van der Waals surface area contributed by atoms with Crippen LogP contribution in [0.1, 0.15) is 77.4 Å². The van der Waals surface area contributed by atoms with Crippen LogP contribution in [0, 0.1) is 23.2 Å². The minimum atomic E-state index is -0.947. The molecule has 2 aromatic rings. The van der Waals surface area contributed by atoms with Crippen molar-refractivity contribution < 1.29 is 14.3 Å². The van der Waals surface area contributed by atoms with Crippen molar-refractivity contribution in [1.82, 2.24) is 0 Å². The van der Waals surface area contributed by atoms with E-state index in [1.165, 1.54) is 25.7 Å². The van der Waals surface area contributed by atoms with Gasteiger partial charge in [-0.1, -0.05) is 89.6 Å². The smallest absolute Gasteiger partial charge is 0.310 e. The van der Waals surface area contributed by atoms with E-state index in [1.807, 2.05) is 56.3 Å². The van der Waals surface area contributed by atoms with Crippen molar-refractivity contribution in [3.05, 3.63) is 60.2 Å². The summed E-state index contributed by atoms with van der Waals surface area (Å²) in [5.41, 5.74) is 0.617. The highest BCUT2D eigenvalue weighted by Gasteiger charge is 2.27. The van der Waals surface area contributed by atoms with Gasteiger partial charge in [-0.3, -0.25) is 4.79 Å². The summed E-state index contributed by atoms with van der Waals surface area (Å²) in [6.07, 6.45) is 6.97. The summed E-state index contributed by atoms with van der Waals surface area (Å²) in [6.45, 7) is 6.29. The van der Waals surface area contributed by atoms with Crippen LogP contribution in [0.2, 0.25) is 0 Å². The molecule has 2 atom stereocenters. The van der Waals surface area contributed by atoms with Crippen LogP contribution < -0.4 is 4.74 Å². The first-order valence-electron chi connectivity index (χ1n) is 11.5. The fourth-order valence-corrected chi connectivity index (χ4v) is 3.61. The molecule has 4 heteroatoms. The van der Waals surface area contributed by atoms with Crippen molar-refractivity contribution >= 4 is 5.97 Å². The second kappa shape index (κ2) is 13.5. The molecule has 0 aromatic heterocycles. The Morgan fingerprint density at radius 2 is 1.61 bits per heavy atom. The SMILES string of the molecule is CCCCCCCCC(C(=O)OC(C#N)c1cccc(Oc2ccccc2)c1)C(C)C. The van der Waals surface area contributed by atoms with Crippen molar-refractivity contribution in [2.75, 3.05) is 0 Å². The van der Waals surface area contributed by atoms with E-state index in [4.69, 9.17) is 9.47 Å². The minimum Gasteiger partial charge on any atom is -0.457 e. The van der Waals surface area contributed by atoms with Gasteiger partial charge in [-0.15, -0.1) is 0 Å². The number of unbranched alkanes of at least 4 members (excludes halogenated alkanes) is 5. The number of esters is 1. The van der Waals surface area contributed by atoms with Gasteiger partial charge >= 0.3 is 5.97 Å². The Morgan fingerprint density at radius 1 is 0.935 bits per heavy atom. The Morgan fingerprint density at radius 3 is 2.29 bits per heavy atom. The van der Waals surface area contributed by atoms with Gasteiger partial charge in [-0.2, -0.15) is 5.26 Å². The van der Waals surface area contributed by atoms with E-state index in [9.17, 15) is 10.1 Å². The van der Waals surface area contributed by atoms with E-state index >= 15 is 0 Å². The van der Waals surface area contributed by atoms with Crippen molar-refractivity contribution in [3.63, 3.8) is 0 Å². The standard InChI is InChI=1S/C27H35NO3/c1-4-5-6-7-8-12-18-25(21(2)3)27(29)31-26(20-28)22-14-13-17-24(19-22)30-23-15-10-9-11-16-23/h9-11,13-17,19,21,25-26H,4-8,12,18H2,1-3H3. The molecule has 0 heterocycles. The zero-order chi connectivity index (χ0) is 22.5. The first-order chi connectivity index (χ1) is 15.0. The lowest BCUT2D eigenvalue weighted by molar-refractivity contribution is -0.153. The monoisotopic (exact) mass is 421 g/mol. The number of ether oxygens (including phenoxy) is 2. The Labute approximate surface area is 187 Å². The number of nitrogens with zero attached hydrogens (tertiary/aromatic N) is 1. The Balaban J connectivity index is 1.97. The van der Waals surface area contributed by atoms with Gasteiger partial charge in [0, 0.05) is 5.56 Å². The number of benzene rings is 2. The van der Waals surface area contributed by atoms with Gasteiger partial charge in [0.25, 0.3) is 0 Å². The maximum atomic E-state index is 12.9. The van der Waals surface area contributed by atoms with Crippen LogP contribution in [0.5, 0.6) is 11.5 Å². The fraction of sp³-hybridized carbons (Fsp3) is 0.481. The van der Waals surface area contributed by atoms with Crippen LogP contribution in [-0.2, 0) is 9.53 Å². The molecule has 0 fully saturated rings. The van der Waals surface area contributed by atoms with E-state index in [1.54, 1.807) is 12.1 Å². The summed E-state index contributed by atoms with van der Waals surface area (Å²) in [6, 6.07) is 18.7. The molecule has 0 aliphatic carbocycles. The molecule has 2 rings (SSSR count). The quantitative estimate of drug-likeness (QED) is 0.247. The van der Waals surface area contributed by atoms with Crippen molar-refractivity contribution in [2.45, 2.75) is 71.8 Å². The second-order valence-electron chi connectivity index (χ2n) is 8.34. The summed E-state index contributed by atoms with van der Waals surface area (Å²) in [4.78, 5) is 12.9. The molecule has 0 amide bonds. The molecular formula is C27H35NO3. The van der Waals surface area contributed by atoms with Gasteiger partial charge in [0.2, 0.25) is 6.10 Å². The van der Waals surface area contributed by atoms with Crippen molar-refractivity contribution in [3.8, 4) is 17.6 Å². The second-order valence-corrected chi connectivity index (χ2v) is 8.34. The molecule has 0 aliphatic heterocycles. The maximum Gasteiger partial charge on any atom is 0.310 e. The molecule has 31 heavy (non-hydrogen) atoms. The molecule has 4 nitrogen and oxygen atoms in total. The predicted octanol–water partition coefficient (Wildman–Crippen LogP) is 7.61. The van der Waals surface area contributed by atoms with Crippen LogP contribution in [0.15, 0.2) is 54.6 Å². The molecule has 0 aliphatic rings. The van der Waals surface area contributed by atoms with Crippen molar-refractivity contribution in [2.24, 2.45) is 11.8 Å². The number of hydrogen-bond acceptors (Lipinski definition) is 4. The number of carbonyl (C=O) groups excluding carboxylic acids is 1. The summed E-state index contributed by atoms with van der Waals surface area (Å²) < 4.78 is 11.5. The predicted molar refractivity (Wildman–Crippen MR) is 124 cm³/mol. The van der Waals surface area contributed by atoms with E-state index in [0.717, 1.165) is 19.3 Å². The van der Waals surface area contributed by atoms with Gasteiger partial charge in [0.05, 0.1) is 5.92 Å². The van der Waals surface area contributed by atoms with Gasteiger partial charge in [-0.05, 0) is 36.6 Å². The summed E-state index contributed by atoms with van der Waals surface area (Å²) in [5.74, 6) is 1.02. The number of hydrogen-bond donors (Lipinski definition) is 0. The van der Waals surface area contributed by atoms with Gasteiger partial charge < -0.3 is 9.47 Å². The molecule has 0 N–H and O–H groups in total. The van der Waals surface area contributed by atoms with E-state index < -0.39 is 6.10 Å². The first kappa shape index (κ1) is 24.5. The van der Waals surface area contributed by atoms with Crippen LogP contribution in [0.3, 0.4) is 0 Å². The summed E-state index contributed by atoms with van der Waals surface area (Å²) in [7, 11) is 0. The molecule has 0 saturated carbocycles. The van der Waals surface area contributed by atoms with Gasteiger partial charge in [0.1, 0.15) is 17.6 Å². The lowest BCUT2D eigenvalue weighted by Gasteiger charge is -2.21. The average Bonchev–Trinajstić information content (AvgIpc) is 2.77.